The van der Waals surface area contributed by atoms with Gasteiger partial charge in [0.1, 0.15) is 5.75 Å². The lowest BCUT2D eigenvalue weighted by Gasteiger charge is -2.08. The van der Waals surface area contributed by atoms with E-state index in [0.29, 0.717) is 0 Å². The van der Waals surface area contributed by atoms with E-state index in [1.54, 1.807) is 7.11 Å². The molecule has 2 heteroatoms. The Hall–Kier alpha value is -1.41. The van der Waals surface area contributed by atoms with Gasteiger partial charge in [-0.25, -0.2) is 0 Å². The van der Waals surface area contributed by atoms with Crippen molar-refractivity contribution >= 4 is 29.5 Å². The predicted molar refractivity (Wildman–Crippen MR) is 73.4 cm³/mol. The van der Waals surface area contributed by atoms with Crippen molar-refractivity contribution in [1.82, 2.24) is 0 Å². The Labute approximate surface area is 101 Å². The first-order valence-electron chi connectivity index (χ1n) is 5.20. The maximum Gasteiger partial charge on any atom is 0.126 e. The van der Waals surface area contributed by atoms with Crippen LogP contribution in [0, 0.1) is 0 Å². The minimum Gasteiger partial charge on any atom is -0.496 e. The second-order valence-corrected chi connectivity index (χ2v) is 3.85. The van der Waals surface area contributed by atoms with Crippen LogP contribution in [0.1, 0.15) is 5.56 Å². The molecular weight excluding hydrogens is 216 g/mol. The van der Waals surface area contributed by atoms with Crippen LogP contribution in [0.3, 0.4) is 0 Å². The number of ether oxygens (including phenoxy) is 1. The van der Waals surface area contributed by atoms with Crippen molar-refractivity contribution in [2.24, 2.45) is 0 Å². The van der Waals surface area contributed by atoms with Crippen molar-refractivity contribution in [2.75, 3.05) is 12.9 Å². The number of hydrogen-bond donors (Lipinski definition) is 1. The molecule has 0 saturated carbocycles. The first-order chi connectivity index (χ1) is 7.86. The number of benzene rings is 2. The molecule has 0 N–H and O–H groups in total. The highest BCUT2D eigenvalue weighted by Gasteiger charge is 2.04. The summed E-state index contributed by atoms with van der Waals surface area (Å²) in [6.45, 7) is 0. The van der Waals surface area contributed by atoms with E-state index in [-0.39, 0.29) is 0 Å². The molecule has 0 aliphatic heterocycles. The van der Waals surface area contributed by atoms with E-state index in [2.05, 4.69) is 36.9 Å². The molecule has 0 fully saturated rings. The standard InChI is InChI=1S/C14H14OS/c1-15-14-9-8-11-5-2-3-6-12(11)13(14)7-4-10-16/h2-9,16H,10H2,1H3. The second kappa shape index (κ2) is 5.08. The summed E-state index contributed by atoms with van der Waals surface area (Å²) in [6.07, 6.45) is 4.08. The molecule has 82 valence electrons. The molecule has 0 bridgehead atoms. The van der Waals surface area contributed by atoms with Gasteiger partial charge in [0.2, 0.25) is 0 Å². The van der Waals surface area contributed by atoms with Crippen molar-refractivity contribution in [3.05, 3.63) is 48.0 Å². The molecular formula is C14H14OS. The van der Waals surface area contributed by atoms with Crippen LogP contribution in [0.5, 0.6) is 5.75 Å². The van der Waals surface area contributed by atoms with Gasteiger partial charge in [-0.1, -0.05) is 42.5 Å². The van der Waals surface area contributed by atoms with E-state index in [9.17, 15) is 0 Å². The Kier molecular flexibility index (Phi) is 3.52. The number of fused-ring (bicyclic) bond motifs is 1. The normalized spacial score (nSPS) is 11.1. The Morgan fingerprint density at radius 3 is 2.75 bits per heavy atom. The zero-order chi connectivity index (χ0) is 11.4. The fraction of sp³-hybridized carbons (Fsp3) is 0.143. The Morgan fingerprint density at radius 2 is 2.00 bits per heavy atom. The van der Waals surface area contributed by atoms with Crippen molar-refractivity contribution in [3.63, 3.8) is 0 Å². The van der Waals surface area contributed by atoms with Crippen LogP contribution in [0.2, 0.25) is 0 Å². The summed E-state index contributed by atoms with van der Waals surface area (Å²) in [4.78, 5) is 0. The van der Waals surface area contributed by atoms with Crippen LogP contribution >= 0.6 is 12.6 Å². The van der Waals surface area contributed by atoms with E-state index >= 15 is 0 Å². The summed E-state index contributed by atoms with van der Waals surface area (Å²) < 4.78 is 5.37. The number of methoxy groups -OCH3 is 1. The Balaban J connectivity index is 2.68. The average molecular weight is 230 g/mol. The zero-order valence-corrected chi connectivity index (χ0v) is 10.1. The van der Waals surface area contributed by atoms with Gasteiger partial charge in [-0.3, -0.25) is 0 Å². The highest BCUT2D eigenvalue weighted by atomic mass is 32.1. The van der Waals surface area contributed by atoms with E-state index in [1.807, 2.05) is 24.3 Å². The third-order valence-corrected chi connectivity index (χ3v) is 2.75. The van der Waals surface area contributed by atoms with Gasteiger partial charge in [-0.15, -0.1) is 0 Å². The van der Waals surface area contributed by atoms with E-state index in [4.69, 9.17) is 4.74 Å². The SMILES string of the molecule is COc1ccc2ccccc2c1C=CCS. The highest BCUT2D eigenvalue weighted by Crippen LogP contribution is 2.28. The molecule has 0 spiro atoms. The maximum atomic E-state index is 5.37. The largest absolute Gasteiger partial charge is 0.496 e. The molecule has 0 aromatic heterocycles. The van der Waals surface area contributed by atoms with Gasteiger partial charge in [0.05, 0.1) is 7.11 Å². The highest BCUT2D eigenvalue weighted by molar-refractivity contribution is 7.80. The zero-order valence-electron chi connectivity index (χ0n) is 9.18. The van der Waals surface area contributed by atoms with Crippen molar-refractivity contribution in [1.29, 1.82) is 0 Å². The summed E-state index contributed by atoms with van der Waals surface area (Å²) in [5.41, 5.74) is 1.12. The molecule has 1 nitrogen and oxygen atoms in total. The minimum absolute atomic E-state index is 0.729. The van der Waals surface area contributed by atoms with Crippen LogP contribution in [0.4, 0.5) is 0 Å². The lowest BCUT2D eigenvalue weighted by atomic mass is 10.0. The van der Waals surface area contributed by atoms with Gasteiger partial charge in [0.25, 0.3) is 0 Å². The van der Waals surface area contributed by atoms with Gasteiger partial charge in [-0.05, 0) is 16.8 Å². The van der Waals surface area contributed by atoms with Crippen LogP contribution < -0.4 is 4.74 Å². The first kappa shape index (κ1) is 11.1. The van der Waals surface area contributed by atoms with Gasteiger partial charge >= 0.3 is 0 Å². The Morgan fingerprint density at radius 1 is 1.19 bits per heavy atom. The Bertz CT molecular complexity index is 517. The average Bonchev–Trinajstić information content (AvgIpc) is 2.35. The predicted octanol–water partition coefficient (Wildman–Crippen LogP) is 3.79. The fourth-order valence-electron chi connectivity index (χ4n) is 1.80. The molecule has 0 aliphatic carbocycles. The lowest BCUT2D eigenvalue weighted by molar-refractivity contribution is 0.414. The fourth-order valence-corrected chi connectivity index (χ4v) is 1.90. The number of thiol groups is 1. The molecule has 0 atom stereocenters. The maximum absolute atomic E-state index is 5.37. The van der Waals surface area contributed by atoms with Crippen molar-refractivity contribution in [2.45, 2.75) is 0 Å². The summed E-state index contributed by atoms with van der Waals surface area (Å²) in [5, 5.41) is 2.43. The number of hydrogen-bond acceptors (Lipinski definition) is 2. The molecule has 2 aromatic rings. The summed E-state index contributed by atoms with van der Waals surface area (Å²) in [5.74, 6) is 1.63. The van der Waals surface area contributed by atoms with Gasteiger partial charge in [0, 0.05) is 11.3 Å². The lowest BCUT2D eigenvalue weighted by Crippen LogP contribution is -1.88. The first-order valence-corrected chi connectivity index (χ1v) is 5.83. The molecule has 0 unspecified atom stereocenters. The molecule has 0 amide bonds. The molecule has 2 rings (SSSR count). The summed E-state index contributed by atoms with van der Waals surface area (Å²) in [7, 11) is 1.70. The van der Waals surface area contributed by atoms with Gasteiger partial charge < -0.3 is 4.74 Å². The van der Waals surface area contributed by atoms with E-state index in [1.165, 1.54) is 10.8 Å². The summed E-state index contributed by atoms with van der Waals surface area (Å²) >= 11 is 4.18. The third-order valence-electron chi connectivity index (χ3n) is 2.54. The smallest absolute Gasteiger partial charge is 0.126 e. The monoisotopic (exact) mass is 230 g/mol. The molecule has 16 heavy (non-hydrogen) atoms. The molecule has 2 aromatic carbocycles. The van der Waals surface area contributed by atoms with Crippen LogP contribution in [-0.2, 0) is 0 Å². The van der Waals surface area contributed by atoms with E-state index < -0.39 is 0 Å². The molecule has 0 radical (unpaired) electrons. The second-order valence-electron chi connectivity index (χ2n) is 3.49. The van der Waals surface area contributed by atoms with Crippen molar-refractivity contribution in [3.8, 4) is 5.75 Å². The molecule has 0 aliphatic rings. The topological polar surface area (TPSA) is 9.23 Å². The third kappa shape index (κ3) is 2.07. The molecule has 0 saturated heterocycles. The van der Waals surface area contributed by atoms with Crippen LogP contribution in [0.15, 0.2) is 42.5 Å². The summed E-state index contributed by atoms with van der Waals surface area (Å²) in [6, 6.07) is 12.4. The van der Waals surface area contributed by atoms with E-state index in [0.717, 1.165) is 17.1 Å². The molecule has 0 heterocycles. The van der Waals surface area contributed by atoms with Crippen LogP contribution in [-0.4, -0.2) is 12.9 Å². The van der Waals surface area contributed by atoms with Gasteiger partial charge in [0.15, 0.2) is 0 Å². The minimum atomic E-state index is 0.729. The van der Waals surface area contributed by atoms with Crippen LogP contribution in [0.25, 0.3) is 16.8 Å². The van der Waals surface area contributed by atoms with Crippen molar-refractivity contribution < 1.29 is 4.74 Å². The number of rotatable bonds is 3. The van der Waals surface area contributed by atoms with Gasteiger partial charge in [-0.2, -0.15) is 12.6 Å². The quantitative estimate of drug-likeness (QED) is 0.789.